The highest BCUT2D eigenvalue weighted by Gasteiger charge is 2.45. The van der Waals surface area contributed by atoms with Gasteiger partial charge < -0.3 is 15.0 Å². The van der Waals surface area contributed by atoms with Crippen LogP contribution in [0.2, 0.25) is 0 Å². The zero-order valence-electron chi connectivity index (χ0n) is 6.86. The molecule has 2 aliphatic heterocycles. The molecule has 3 nitrogen and oxygen atoms in total. The fraction of sp³-hybridized carbons (Fsp3) is 1.00. The lowest BCUT2D eigenvalue weighted by atomic mass is 10.0. The third kappa shape index (κ3) is 0.991. The van der Waals surface area contributed by atoms with E-state index in [0.717, 1.165) is 25.7 Å². The van der Waals surface area contributed by atoms with E-state index in [-0.39, 0.29) is 22.8 Å². The Morgan fingerprint density at radius 3 is 2.18 bits per heavy atom. The molecular weight excluding hydrogens is 142 g/mol. The number of rotatable bonds is 0. The van der Waals surface area contributed by atoms with Gasteiger partial charge in [0.2, 0.25) is 0 Å². The lowest BCUT2D eigenvalue weighted by molar-refractivity contribution is -0.903. The van der Waals surface area contributed by atoms with Crippen LogP contribution in [0.1, 0.15) is 25.7 Å². The molecule has 0 aliphatic carbocycles. The quantitative estimate of drug-likeness (QED) is 0.413. The first-order valence-corrected chi connectivity index (χ1v) is 4.35. The second-order valence-corrected chi connectivity index (χ2v) is 4.07. The van der Waals surface area contributed by atoms with Gasteiger partial charge in [-0.15, -0.1) is 0 Å². The standard InChI is InChI=1S/C8H15NO2/c1-9(11)6-2-3-7(9)5-8(10)4-6/h6-8,10H,2-5H2,1H3/t6-,7-,8?,9?/m0/s1. The molecule has 11 heavy (non-hydrogen) atoms. The minimum Gasteiger partial charge on any atom is -0.633 e. The van der Waals surface area contributed by atoms with Crippen LogP contribution in [0, 0.1) is 5.21 Å². The number of aliphatic hydroxyl groups is 1. The summed E-state index contributed by atoms with van der Waals surface area (Å²) in [5, 5.41) is 21.2. The maximum absolute atomic E-state index is 11.8. The fourth-order valence-corrected chi connectivity index (χ4v) is 2.57. The Labute approximate surface area is 66.8 Å². The van der Waals surface area contributed by atoms with Crippen LogP contribution in [0.5, 0.6) is 0 Å². The smallest absolute Gasteiger partial charge is 0.0914 e. The van der Waals surface area contributed by atoms with Gasteiger partial charge in [-0.25, -0.2) is 0 Å². The summed E-state index contributed by atoms with van der Waals surface area (Å²) in [4.78, 5) is 0. The number of fused-ring (bicyclic) bond motifs is 2. The zero-order chi connectivity index (χ0) is 8.06. The van der Waals surface area contributed by atoms with Gasteiger partial charge >= 0.3 is 0 Å². The molecule has 2 heterocycles. The van der Waals surface area contributed by atoms with Crippen LogP contribution in [0.4, 0.5) is 0 Å². The van der Waals surface area contributed by atoms with E-state index in [9.17, 15) is 10.3 Å². The van der Waals surface area contributed by atoms with Gasteiger partial charge in [0.25, 0.3) is 0 Å². The largest absolute Gasteiger partial charge is 0.633 e. The third-order valence-electron chi connectivity index (χ3n) is 3.37. The van der Waals surface area contributed by atoms with Crippen molar-refractivity contribution in [2.45, 2.75) is 43.9 Å². The summed E-state index contributed by atoms with van der Waals surface area (Å²) >= 11 is 0. The minimum atomic E-state index is -0.201. The SMILES string of the molecule is C[N+]1([O-])[C@H]2CC[C@H]1CC(O)C2. The third-order valence-corrected chi connectivity index (χ3v) is 3.37. The van der Waals surface area contributed by atoms with Crippen LogP contribution in [0.3, 0.4) is 0 Å². The van der Waals surface area contributed by atoms with Gasteiger partial charge in [0.15, 0.2) is 0 Å². The molecule has 0 aromatic rings. The molecule has 1 N–H and O–H groups in total. The van der Waals surface area contributed by atoms with Crippen LogP contribution in [0.25, 0.3) is 0 Å². The van der Waals surface area contributed by atoms with Gasteiger partial charge in [0, 0.05) is 25.7 Å². The van der Waals surface area contributed by atoms with Crippen LogP contribution in [-0.2, 0) is 0 Å². The Kier molecular flexibility index (Phi) is 1.50. The van der Waals surface area contributed by atoms with Crippen molar-refractivity contribution in [1.29, 1.82) is 0 Å². The molecule has 0 saturated carbocycles. The number of hydrogen-bond donors (Lipinski definition) is 1. The molecule has 0 radical (unpaired) electrons. The Morgan fingerprint density at radius 2 is 1.73 bits per heavy atom. The zero-order valence-corrected chi connectivity index (χ0v) is 6.86. The number of hydrogen-bond acceptors (Lipinski definition) is 2. The molecule has 2 rings (SSSR count). The summed E-state index contributed by atoms with van der Waals surface area (Å²) in [6.45, 7) is 0. The molecular formula is C8H15NO2. The van der Waals surface area contributed by atoms with E-state index in [1.165, 1.54) is 0 Å². The predicted molar refractivity (Wildman–Crippen MR) is 41.6 cm³/mol. The number of nitrogens with zero attached hydrogens (tertiary/aromatic N) is 1. The summed E-state index contributed by atoms with van der Waals surface area (Å²) in [6, 6.07) is 0.368. The van der Waals surface area contributed by atoms with E-state index in [4.69, 9.17) is 0 Å². The van der Waals surface area contributed by atoms with Gasteiger partial charge in [-0.2, -0.15) is 0 Å². The number of quaternary nitrogens is 1. The average Bonchev–Trinajstić information content (AvgIpc) is 2.19. The van der Waals surface area contributed by atoms with Crippen LogP contribution in [0.15, 0.2) is 0 Å². The molecule has 2 fully saturated rings. The van der Waals surface area contributed by atoms with Gasteiger partial charge in [0.1, 0.15) is 0 Å². The molecule has 64 valence electrons. The second kappa shape index (κ2) is 2.19. The molecule has 2 aliphatic rings. The van der Waals surface area contributed by atoms with Crippen molar-refractivity contribution < 1.29 is 9.75 Å². The highest BCUT2D eigenvalue weighted by molar-refractivity contribution is 4.85. The van der Waals surface area contributed by atoms with Crippen LogP contribution >= 0.6 is 0 Å². The van der Waals surface area contributed by atoms with Crippen molar-refractivity contribution >= 4 is 0 Å². The van der Waals surface area contributed by atoms with Gasteiger partial charge in [-0.1, -0.05) is 0 Å². The van der Waals surface area contributed by atoms with Crippen LogP contribution < -0.4 is 0 Å². The van der Waals surface area contributed by atoms with Crippen molar-refractivity contribution in [1.82, 2.24) is 0 Å². The summed E-state index contributed by atoms with van der Waals surface area (Å²) in [5.41, 5.74) is 0. The van der Waals surface area contributed by atoms with E-state index in [0.29, 0.717) is 0 Å². The normalized spacial score (nSPS) is 56.5. The molecule has 0 aromatic carbocycles. The summed E-state index contributed by atoms with van der Waals surface area (Å²) in [7, 11) is 1.76. The number of piperidine rings is 1. The van der Waals surface area contributed by atoms with Gasteiger partial charge in [-0.05, 0) is 0 Å². The summed E-state index contributed by atoms with van der Waals surface area (Å²) in [5.74, 6) is 0. The molecule has 2 bridgehead atoms. The van der Waals surface area contributed by atoms with E-state index >= 15 is 0 Å². The first kappa shape index (κ1) is 7.53. The average molecular weight is 157 g/mol. The number of hydroxylamine groups is 3. The van der Waals surface area contributed by atoms with E-state index in [1.807, 2.05) is 0 Å². The molecule has 0 unspecified atom stereocenters. The highest BCUT2D eigenvalue weighted by atomic mass is 16.5. The van der Waals surface area contributed by atoms with Crippen molar-refractivity contribution in [2.24, 2.45) is 0 Å². The molecule has 3 heteroatoms. The topological polar surface area (TPSA) is 43.3 Å². The highest BCUT2D eigenvalue weighted by Crippen LogP contribution is 2.39. The monoisotopic (exact) mass is 157 g/mol. The summed E-state index contributed by atoms with van der Waals surface area (Å²) < 4.78 is -0.0862. The first-order chi connectivity index (χ1) is 5.10. The maximum Gasteiger partial charge on any atom is 0.0914 e. The van der Waals surface area contributed by atoms with Gasteiger partial charge in [-0.3, -0.25) is 0 Å². The summed E-state index contributed by atoms with van der Waals surface area (Å²) in [6.07, 6.45) is 3.27. The predicted octanol–water partition coefficient (Wildman–Crippen LogP) is 0.616. The first-order valence-electron chi connectivity index (χ1n) is 4.35. The van der Waals surface area contributed by atoms with Crippen molar-refractivity contribution in [3.05, 3.63) is 5.21 Å². The molecule has 2 atom stereocenters. The second-order valence-electron chi connectivity index (χ2n) is 4.07. The van der Waals surface area contributed by atoms with Crippen LogP contribution in [-0.4, -0.2) is 35.0 Å². The van der Waals surface area contributed by atoms with E-state index in [2.05, 4.69) is 0 Å². The number of aliphatic hydroxyl groups excluding tert-OH is 1. The van der Waals surface area contributed by atoms with Crippen molar-refractivity contribution in [3.63, 3.8) is 0 Å². The Bertz CT molecular complexity index is 153. The van der Waals surface area contributed by atoms with E-state index in [1.54, 1.807) is 7.05 Å². The lowest BCUT2D eigenvalue weighted by Crippen LogP contribution is -2.54. The minimum absolute atomic E-state index is 0.0862. The van der Waals surface area contributed by atoms with Crippen molar-refractivity contribution in [2.75, 3.05) is 7.05 Å². The van der Waals surface area contributed by atoms with Crippen molar-refractivity contribution in [3.8, 4) is 0 Å². The maximum atomic E-state index is 11.8. The Balaban J connectivity index is 2.19. The Morgan fingerprint density at radius 1 is 1.27 bits per heavy atom. The molecule has 2 saturated heterocycles. The van der Waals surface area contributed by atoms with Gasteiger partial charge in [0.05, 0.1) is 25.2 Å². The molecule has 0 aromatic heterocycles. The Hall–Kier alpha value is -0.120. The van der Waals surface area contributed by atoms with E-state index < -0.39 is 0 Å². The molecule has 0 spiro atoms. The lowest BCUT2D eigenvalue weighted by Gasteiger charge is -2.49. The molecule has 0 amide bonds. The fourth-order valence-electron chi connectivity index (χ4n) is 2.57.